The third-order valence-electron chi connectivity index (χ3n) is 2.62. The lowest BCUT2D eigenvalue weighted by molar-refractivity contribution is 0.348. The molecular formula is C18H18N2O. The van der Waals surface area contributed by atoms with Crippen molar-refractivity contribution in [2.45, 2.75) is 0 Å². The Labute approximate surface area is 125 Å². The summed E-state index contributed by atoms with van der Waals surface area (Å²) in [6.45, 7) is 4.08. The SMILES string of the molecule is C=C/C=C\C=C/COc1cc(Nc2ccccc2)ccn1. The molecule has 0 aliphatic rings. The van der Waals surface area contributed by atoms with Gasteiger partial charge in [-0.3, -0.25) is 0 Å². The first kappa shape index (κ1) is 14.6. The number of benzene rings is 1. The van der Waals surface area contributed by atoms with Gasteiger partial charge in [0.1, 0.15) is 6.61 Å². The van der Waals surface area contributed by atoms with Gasteiger partial charge in [0.05, 0.1) is 0 Å². The van der Waals surface area contributed by atoms with Crippen molar-refractivity contribution in [1.82, 2.24) is 4.98 Å². The minimum Gasteiger partial charge on any atom is -0.473 e. The molecule has 1 heterocycles. The Morgan fingerprint density at radius 2 is 1.90 bits per heavy atom. The largest absolute Gasteiger partial charge is 0.473 e. The van der Waals surface area contributed by atoms with E-state index in [0.29, 0.717) is 12.5 Å². The van der Waals surface area contributed by atoms with E-state index in [-0.39, 0.29) is 0 Å². The molecule has 0 saturated heterocycles. The summed E-state index contributed by atoms with van der Waals surface area (Å²) in [6.07, 6.45) is 11.0. The van der Waals surface area contributed by atoms with Gasteiger partial charge in [0.25, 0.3) is 0 Å². The summed E-state index contributed by atoms with van der Waals surface area (Å²) in [7, 11) is 0. The maximum Gasteiger partial charge on any atom is 0.215 e. The molecule has 0 spiro atoms. The van der Waals surface area contributed by atoms with Crippen molar-refractivity contribution in [3.63, 3.8) is 0 Å². The number of nitrogens with one attached hydrogen (secondary N) is 1. The van der Waals surface area contributed by atoms with Gasteiger partial charge in [-0.05, 0) is 24.3 Å². The topological polar surface area (TPSA) is 34.1 Å². The fraction of sp³-hybridized carbons (Fsp3) is 0.0556. The van der Waals surface area contributed by atoms with Crippen LogP contribution < -0.4 is 10.1 Å². The van der Waals surface area contributed by atoms with Crippen molar-refractivity contribution in [3.8, 4) is 5.88 Å². The maximum absolute atomic E-state index is 5.57. The van der Waals surface area contributed by atoms with Gasteiger partial charge in [0.2, 0.25) is 5.88 Å². The van der Waals surface area contributed by atoms with Crippen LogP contribution in [0, 0.1) is 0 Å². The fourth-order valence-electron chi connectivity index (χ4n) is 1.66. The molecular weight excluding hydrogens is 260 g/mol. The minimum atomic E-state index is 0.475. The van der Waals surface area contributed by atoms with E-state index in [1.807, 2.05) is 66.8 Å². The van der Waals surface area contributed by atoms with Crippen LogP contribution in [-0.4, -0.2) is 11.6 Å². The molecule has 3 nitrogen and oxygen atoms in total. The third-order valence-corrected chi connectivity index (χ3v) is 2.62. The van der Waals surface area contributed by atoms with Crippen LogP contribution in [0.4, 0.5) is 11.4 Å². The first-order chi connectivity index (χ1) is 10.4. The van der Waals surface area contributed by atoms with E-state index in [1.54, 1.807) is 12.3 Å². The highest BCUT2D eigenvalue weighted by Crippen LogP contribution is 2.19. The van der Waals surface area contributed by atoms with E-state index in [4.69, 9.17) is 4.74 Å². The van der Waals surface area contributed by atoms with Gasteiger partial charge in [0.15, 0.2) is 0 Å². The molecule has 0 aliphatic heterocycles. The Balaban J connectivity index is 1.90. The molecule has 3 heteroatoms. The summed E-state index contributed by atoms with van der Waals surface area (Å²) in [6, 6.07) is 13.8. The second-order valence-corrected chi connectivity index (χ2v) is 4.23. The summed E-state index contributed by atoms with van der Waals surface area (Å²) in [5.41, 5.74) is 1.98. The zero-order chi connectivity index (χ0) is 14.8. The molecule has 2 aromatic rings. The predicted octanol–water partition coefficient (Wildman–Crippen LogP) is 4.50. The van der Waals surface area contributed by atoms with Crippen LogP contribution in [0.2, 0.25) is 0 Å². The Morgan fingerprint density at radius 1 is 1.05 bits per heavy atom. The van der Waals surface area contributed by atoms with Gasteiger partial charge in [-0.1, -0.05) is 49.1 Å². The van der Waals surface area contributed by atoms with Crippen molar-refractivity contribution in [2.24, 2.45) is 0 Å². The molecule has 0 radical (unpaired) electrons. The lowest BCUT2D eigenvalue weighted by Gasteiger charge is -2.07. The van der Waals surface area contributed by atoms with Crippen LogP contribution in [0.15, 0.2) is 85.6 Å². The summed E-state index contributed by atoms with van der Waals surface area (Å²) >= 11 is 0. The molecule has 2 rings (SSSR count). The first-order valence-corrected chi connectivity index (χ1v) is 6.73. The number of hydrogen-bond acceptors (Lipinski definition) is 3. The number of aromatic nitrogens is 1. The van der Waals surface area contributed by atoms with Crippen LogP contribution in [0.5, 0.6) is 5.88 Å². The quantitative estimate of drug-likeness (QED) is 0.757. The molecule has 106 valence electrons. The molecule has 1 N–H and O–H groups in total. The van der Waals surface area contributed by atoms with E-state index in [2.05, 4.69) is 16.9 Å². The van der Waals surface area contributed by atoms with E-state index in [0.717, 1.165) is 11.4 Å². The summed E-state index contributed by atoms with van der Waals surface area (Å²) in [5, 5.41) is 3.30. The Bertz CT molecular complexity index is 618. The van der Waals surface area contributed by atoms with Gasteiger partial charge in [-0.2, -0.15) is 0 Å². The standard InChI is InChI=1S/C18H18N2O/c1-2-3-4-5-9-14-21-18-15-17(12-13-19-18)20-16-10-7-6-8-11-16/h2-13,15H,1,14H2,(H,19,20)/b4-3-,9-5-. The minimum absolute atomic E-state index is 0.475. The Hall–Kier alpha value is -2.81. The van der Waals surface area contributed by atoms with Crippen molar-refractivity contribution in [1.29, 1.82) is 0 Å². The maximum atomic E-state index is 5.57. The molecule has 0 aliphatic carbocycles. The van der Waals surface area contributed by atoms with Crippen molar-refractivity contribution in [2.75, 3.05) is 11.9 Å². The van der Waals surface area contributed by atoms with Crippen molar-refractivity contribution >= 4 is 11.4 Å². The summed E-state index contributed by atoms with van der Waals surface area (Å²) in [5.74, 6) is 0.591. The molecule has 1 aromatic carbocycles. The molecule has 0 amide bonds. The molecule has 0 atom stereocenters. The number of hydrogen-bond donors (Lipinski definition) is 1. The van der Waals surface area contributed by atoms with Gasteiger partial charge in [0, 0.05) is 23.6 Å². The zero-order valence-corrected chi connectivity index (χ0v) is 11.8. The Morgan fingerprint density at radius 3 is 2.71 bits per heavy atom. The lowest BCUT2D eigenvalue weighted by Crippen LogP contribution is -1.97. The van der Waals surface area contributed by atoms with Crippen LogP contribution >= 0.6 is 0 Å². The van der Waals surface area contributed by atoms with Gasteiger partial charge < -0.3 is 10.1 Å². The molecule has 0 bridgehead atoms. The normalized spacial score (nSPS) is 10.9. The smallest absolute Gasteiger partial charge is 0.215 e. The predicted molar refractivity (Wildman–Crippen MR) is 87.9 cm³/mol. The lowest BCUT2D eigenvalue weighted by atomic mass is 10.3. The van der Waals surface area contributed by atoms with E-state index in [9.17, 15) is 0 Å². The monoisotopic (exact) mass is 278 g/mol. The average molecular weight is 278 g/mol. The Kier molecular flexibility index (Phi) is 5.82. The number of nitrogens with zero attached hydrogens (tertiary/aromatic N) is 1. The highest BCUT2D eigenvalue weighted by molar-refractivity contribution is 5.59. The number of rotatable bonds is 7. The molecule has 21 heavy (non-hydrogen) atoms. The number of para-hydroxylation sites is 1. The van der Waals surface area contributed by atoms with Crippen molar-refractivity contribution < 1.29 is 4.74 Å². The van der Waals surface area contributed by atoms with Crippen LogP contribution in [0.25, 0.3) is 0 Å². The number of pyridine rings is 1. The zero-order valence-electron chi connectivity index (χ0n) is 11.8. The number of allylic oxidation sites excluding steroid dienone is 4. The average Bonchev–Trinajstić information content (AvgIpc) is 2.52. The molecule has 1 aromatic heterocycles. The highest BCUT2D eigenvalue weighted by atomic mass is 16.5. The van der Waals surface area contributed by atoms with Crippen molar-refractivity contribution in [3.05, 3.63) is 85.6 Å². The second kappa shape index (κ2) is 8.38. The van der Waals surface area contributed by atoms with Gasteiger partial charge in [-0.25, -0.2) is 4.98 Å². The molecule has 0 saturated carbocycles. The van der Waals surface area contributed by atoms with Crippen LogP contribution in [-0.2, 0) is 0 Å². The van der Waals surface area contributed by atoms with Gasteiger partial charge >= 0.3 is 0 Å². The third kappa shape index (κ3) is 5.37. The number of anilines is 2. The number of ether oxygens (including phenoxy) is 1. The second-order valence-electron chi connectivity index (χ2n) is 4.23. The molecule has 0 fully saturated rings. The fourth-order valence-corrected chi connectivity index (χ4v) is 1.66. The van der Waals surface area contributed by atoms with E-state index >= 15 is 0 Å². The summed E-state index contributed by atoms with van der Waals surface area (Å²) in [4.78, 5) is 4.18. The highest BCUT2D eigenvalue weighted by Gasteiger charge is 1.98. The van der Waals surface area contributed by atoms with E-state index in [1.165, 1.54) is 0 Å². The van der Waals surface area contributed by atoms with Gasteiger partial charge in [-0.15, -0.1) is 0 Å². The molecule has 0 unspecified atom stereocenters. The van der Waals surface area contributed by atoms with E-state index < -0.39 is 0 Å². The summed E-state index contributed by atoms with van der Waals surface area (Å²) < 4.78 is 5.57. The first-order valence-electron chi connectivity index (χ1n) is 6.73. The van der Waals surface area contributed by atoms with Crippen LogP contribution in [0.3, 0.4) is 0 Å². The van der Waals surface area contributed by atoms with Crippen LogP contribution in [0.1, 0.15) is 0 Å².